The van der Waals surface area contributed by atoms with Crippen LogP contribution in [0.25, 0.3) is 32.3 Å². The molecular weight excluding hydrogens is 300 g/mol. The molecule has 0 radical (unpaired) electrons. The average Bonchev–Trinajstić information content (AvgIpc) is 2.67. The minimum Gasteiger partial charge on any atom is -0.0654 e. The molecule has 0 unspecified atom stereocenters. The van der Waals surface area contributed by atoms with E-state index in [1.807, 2.05) is 0 Å². The van der Waals surface area contributed by atoms with Crippen LogP contribution in [0.15, 0.2) is 66.7 Å². The van der Waals surface area contributed by atoms with Gasteiger partial charge in [0, 0.05) is 0 Å². The Morgan fingerprint density at radius 3 is 2.12 bits per heavy atom. The molecule has 0 aliphatic heterocycles. The summed E-state index contributed by atoms with van der Waals surface area (Å²) in [5.74, 6) is 0. The molecular formula is C25H26. The lowest BCUT2D eigenvalue weighted by Crippen LogP contribution is -1.89. The summed E-state index contributed by atoms with van der Waals surface area (Å²) in [6.45, 7) is 2.28. The molecule has 0 saturated heterocycles. The van der Waals surface area contributed by atoms with Crippen LogP contribution in [0, 0.1) is 0 Å². The molecule has 0 atom stereocenters. The zero-order chi connectivity index (χ0) is 17.1. The summed E-state index contributed by atoms with van der Waals surface area (Å²) in [5.41, 5.74) is 1.50. The van der Waals surface area contributed by atoms with Gasteiger partial charge in [0.15, 0.2) is 0 Å². The van der Waals surface area contributed by atoms with Crippen molar-refractivity contribution in [1.29, 1.82) is 0 Å². The fraction of sp³-hybridized carbons (Fsp3) is 0.280. The number of unbranched alkanes of at least 4 members (excludes halogenated alkanes) is 4. The zero-order valence-electron chi connectivity index (χ0n) is 15.1. The van der Waals surface area contributed by atoms with E-state index in [4.69, 9.17) is 0 Å². The third-order valence-electron chi connectivity index (χ3n) is 5.42. The van der Waals surface area contributed by atoms with Crippen LogP contribution in [0.4, 0.5) is 0 Å². The van der Waals surface area contributed by atoms with E-state index in [0.29, 0.717) is 0 Å². The van der Waals surface area contributed by atoms with E-state index in [-0.39, 0.29) is 0 Å². The number of benzene rings is 4. The smallest absolute Gasteiger partial charge is 0.00989 e. The molecule has 0 aromatic heterocycles. The topological polar surface area (TPSA) is 0 Å². The summed E-state index contributed by atoms with van der Waals surface area (Å²) in [6.07, 6.45) is 7.90. The molecule has 4 aromatic rings. The quantitative estimate of drug-likeness (QED) is 0.252. The highest BCUT2D eigenvalue weighted by Gasteiger charge is 2.07. The van der Waals surface area contributed by atoms with Crippen LogP contribution < -0.4 is 0 Å². The predicted molar refractivity (Wildman–Crippen MR) is 111 cm³/mol. The van der Waals surface area contributed by atoms with Gasteiger partial charge in [-0.25, -0.2) is 0 Å². The lowest BCUT2D eigenvalue weighted by molar-refractivity contribution is 0.633. The largest absolute Gasteiger partial charge is 0.0654 e. The van der Waals surface area contributed by atoms with Gasteiger partial charge >= 0.3 is 0 Å². The van der Waals surface area contributed by atoms with E-state index in [1.165, 1.54) is 76.4 Å². The van der Waals surface area contributed by atoms with Gasteiger partial charge in [0.1, 0.15) is 0 Å². The molecule has 0 nitrogen and oxygen atoms in total. The molecule has 25 heavy (non-hydrogen) atoms. The van der Waals surface area contributed by atoms with E-state index < -0.39 is 0 Å². The van der Waals surface area contributed by atoms with E-state index in [1.54, 1.807) is 0 Å². The number of hydrogen-bond acceptors (Lipinski definition) is 0. The maximum absolute atomic E-state index is 2.34. The standard InChI is InChI=1S/C25H26/c1-2-3-4-5-6-10-19-12-9-14-23-22(19)17-18-24-21-13-8-7-11-20(21)15-16-25(23)24/h7-9,11-18H,2-6,10H2,1H3. The first-order valence-corrected chi connectivity index (χ1v) is 9.70. The highest BCUT2D eigenvalue weighted by Crippen LogP contribution is 2.32. The number of hydrogen-bond donors (Lipinski definition) is 0. The van der Waals surface area contributed by atoms with Crippen molar-refractivity contribution in [1.82, 2.24) is 0 Å². The average molecular weight is 326 g/mol. The van der Waals surface area contributed by atoms with E-state index >= 15 is 0 Å². The van der Waals surface area contributed by atoms with Gasteiger partial charge in [-0.1, -0.05) is 99.3 Å². The zero-order valence-corrected chi connectivity index (χ0v) is 15.1. The Bertz CT molecular complexity index is 1010. The molecule has 4 aromatic carbocycles. The Kier molecular flexibility index (Phi) is 4.70. The van der Waals surface area contributed by atoms with Gasteiger partial charge in [-0.3, -0.25) is 0 Å². The Morgan fingerprint density at radius 1 is 0.520 bits per heavy atom. The first-order valence-electron chi connectivity index (χ1n) is 9.70. The second-order valence-electron chi connectivity index (χ2n) is 7.12. The van der Waals surface area contributed by atoms with Crippen molar-refractivity contribution in [3.63, 3.8) is 0 Å². The molecule has 0 N–H and O–H groups in total. The Labute approximate surface area is 150 Å². The van der Waals surface area contributed by atoms with Gasteiger partial charge in [-0.15, -0.1) is 0 Å². The summed E-state index contributed by atoms with van der Waals surface area (Å²) < 4.78 is 0. The monoisotopic (exact) mass is 326 g/mol. The summed E-state index contributed by atoms with van der Waals surface area (Å²) in [4.78, 5) is 0. The number of fused-ring (bicyclic) bond motifs is 5. The second-order valence-corrected chi connectivity index (χ2v) is 7.12. The van der Waals surface area contributed by atoms with E-state index in [9.17, 15) is 0 Å². The van der Waals surface area contributed by atoms with Crippen molar-refractivity contribution < 1.29 is 0 Å². The van der Waals surface area contributed by atoms with Crippen LogP contribution in [0.5, 0.6) is 0 Å². The van der Waals surface area contributed by atoms with Crippen molar-refractivity contribution in [2.45, 2.75) is 45.4 Å². The van der Waals surface area contributed by atoms with Crippen molar-refractivity contribution in [2.75, 3.05) is 0 Å². The normalized spacial score (nSPS) is 11.6. The molecule has 0 heterocycles. The summed E-state index contributed by atoms with van der Waals surface area (Å²) in [7, 11) is 0. The number of aryl methyl sites for hydroxylation is 1. The lowest BCUT2D eigenvalue weighted by atomic mass is 9.93. The van der Waals surface area contributed by atoms with Crippen LogP contribution >= 0.6 is 0 Å². The molecule has 0 aliphatic carbocycles. The fourth-order valence-corrected chi connectivity index (χ4v) is 4.06. The Hall–Kier alpha value is -2.34. The second kappa shape index (κ2) is 7.27. The van der Waals surface area contributed by atoms with Gasteiger partial charge < -0.3 is 0 Å². The SMILES string of the molecule is CCCCCCCc1cccc2c1ccc1c3ccccc3ccc21. The van der Waals surface area contributed by atoms with Gasteiger partial charge in [0.25, 0.3) is 0 Å². The minimum absolute atomic E-state index is 1.19. The molecule has 0 bridgehead atoms. The van der Waals surface area contributed by atoms with Gasteiger partial charge in [0.2, 0.25) is 0 Å². The van der Waals surface area contributed by atoms with Crippen LogP contribution in [0.2, 0.25) is 0 Å². The third-order valence-corrected chi connectivity index (χ3v) is 5.42. The van der Waals surface area contributed by atoms with Gasteiger partial charge in [-0.2, -0.15) is 0 Å². The predicted octanol–water partition coefficient (Wildman–Crippen LogP) is 7.66. The van der Waals surface area contributed by atoms with Crippen molar-refractivity contribution in [3.8, 4) is 0 Å². The van der Waals surface area contributed by atoms with Crippen molar-refractivity contribution in [3.05, 3.63) is 72.3 Å². The number of rotatable bonds is 6. The molecule has 0 fully saturated rings. The Morgan fingerprint density at radius 2 is 1.20 bits per heavy atom. The van der Waals surface area contributed by atoms with Crippen LogP contribution in [0.1, 0.15) is 44.6 Å². The first-order chi connectivity index (χ1) is 12.4. The molecule has 0 spiro atoms. The summed E-state index contributed by atoms with van der Waals surface area (Å²) >= 11 is 0. The summed E-state index contributed by atoms with van der Waals surface area (Å²) in [6, 6.07) is 24.7. The fourth-order valence-electron chi connectivity index (χ4n) is 4.06. The van der Waals surface area contributed by atoms with Crippen LogP contribution in [0.3, 0.4) is 0 Å². The molecule has 0 amide bonds. The molecule has 4 rings (SSSR count). The molecule has 0 saturated carbocycles. The van der Waals surface area contributed by atoms with Crippen LogP contribution in [-0.4, -0.2) is 0 Å². The molecule has 0 aliphatic rings. The van der Waals surface area contributed by atoms with Crippen molar-refractivity contribution in [2.24, 2.45) is 0 Å². The highest BCUT2D eigenvalue weighted by molar-refractivity contribution is 6.17. The van der Waals surface area contributed by atoms with Crippen LogP contribution in [-0.2, 0) is 6.42 Å². The van der Waals surface area contributed by atoms with Gasteiger partial charge in [0.05, 0.1) is 0 Å². The van der Waals surface area contributed by atoms with E-state index in [0.717, 1.165) is 0 Å². The maximum atomic E-state index is 2.34. The summed E-state index contributed by atoms with van der Waals surface area (Å²) in [5, 5.41) is 8.25. The maximum Gasteiger partial charge on any atom is -0.00989 e. The lowest BCUT2D eigenvalue weighted by Gasteiger charge is -2.11. The van der Waals surface area contributed by atoms with Gasteiger partial charge in [-0.05, 0) is 50.7 Å². The molecule has 126 valence electrons. The molecule has 0 heteroatoms. The minimum atomic E-state index is 1.19. The van der Waals surface area contributed by atoms with E-state index in [2.05, 4.69) is 73.7 Å². The van der Waals surface area contributed by atoms with Crippen molar-refractivity contribution >= 4 is 32.3 Å². The highest BCUT2D eigenvalue weighted by atomic mass is 14.1. The third kappa shape index (κ3) is 3.14. The Balaban J connectivity index is 1.75. The first kappa shape index (κ1) is 16.1.